The molecule has 0 amide bonds. The summed E-state index contributed by atoms with van der Waals surface area (Å²) in [6, 6.07) is 10.4. The minimum Gasteiger partial charge on any atom is -0.444 e. The number of oxazole rings is 1. The van der Waals surface area contributed by atoms with Gasteiger partial charge in [0.25, 0.3) is 0 Å². The molecular weight excluding hydrogens is 200 g/mol. The van der Waals surface area contributed by atoms with Crippen molar-refractivity contribution < 1.29 is 4.42 Å². The summed E-state index contributed by atoms with van der Waals surface area (Å²) in [5, 5.41) is 3.18. The molecule has 0 bridgehead atoms. The fourth-order valence-electron chi connectivity index (χ4n) is 1.53. The van der Waals surface area contributed by atoms with Gasteiger partial charge < -0.3 is 9.73 Å². The summed E-state index contributed by atoms with van der Waals surface area (Å²) in [4.78, 5) is 4.46. The third-order valence-electron chi connectivity index (χ3n) is 2.58. The lowest BCUT2D eigenvalue weighted by Crippen LogP contribution is -2.23. The van der Waals surface area contributed by atoms with Crippen LogP contribution in [0.4, 0.5) is 0 Å². The molecule has 0 aliphatic heterocycles. The monoisotopic (exact) mass is 216 g/mol. The number of nitrogens with one attached hydrogen (secondary N) is 1. The van der Waals surface area contributed by atoms with Crippen molar-refractivity contribution in [1.29, 1.82) is 0 Å². The van der Waals surface area contributed by atoms with Gasteiger partial charge in [-0.1, -0.05) is 18.2 Å². The lowest BCUT2D eigenvalue weighted by molar-refractivity contribution is 0.565. The smallest absolute Gasteiger partial charge is 0.226 e. The standard InChI is InChI=1S/C13H16N2O/c1-10(14-2)8-12-9-16-13(15-12)11-6-4-3-5-7-11/h3-7,9-10,14H,8H2,1-2H3. The maximum Gasteiger partial charge on any atom is 0.226 e. The van der Waals surface area contributed by atoms with Gasteiger partial charge in [0.2, 0.25) is 5.89 Å². The summed E-state index contributed by atoms with van der Waals surface area (Å²) in [6.45, 7) is 2.12. The third kappa shape index (κ3) is 2.49. The highest BCUT2D eigenvalue weighted by molar-refractivity contribution is 5.52. The van der Waals surface area contributed by atoms with Crippen LogP contribution in [-0.2, 0) is 6.42 Å². The minimum absolute atomic E-state index is 0.411. The van der Waals surface area contributed by atoms with Crippen molar-refractivity contribution in [1.82, 2.24) is 10.3 Å². The highest BCUT2D eigenvalue weighted by Crippen LogP contribution is 2.18. The molecule has 1 aromatic carbocycles. The second-order valence-corrected chi connectivity index (χ2v) is 3.90. The van der Waals surface area contributed by atoms with Crippen molar-refractivity contribution in [2.24, 2.45) is 0 Å². The van der Waals surface area contributed by atoms with Crippen molar-refractivity contribution in [3.8, 4) is 11.5 Å². The molecule has 0 aliphatic rings. The molecule has 1 unspecified atom stereocenters. The molecule has 0 spiro atoms. The molecule has 3 nitrogen and oxygen atoms in total. The number of benzene rings is 1. The Bertz CT molecular complexity index is 436. The zero-order chi connectivity index (χ0) is 11.4. The predicted molar refractivity (Wildman–Crippen MR) is 64.2 cm³/mol. The predicted octanol–water partition coefficient (Wildman–Crippen LogP) is 2.49. The molecule has 0 fully saturated rings. The fourth-order valence-corrected chi connectivity index (χ4v) is 1.53. The van der Waals surface area contributed by atoms with Crippen LogP contribution < -0.4 is 5.32 Å². The Kier molecular flexibility index (Phi) is 3.37. The van der Waals surface area contributed by atoms with Crippen LogP contribution in [0.2, 0.25) is 0 Å². The maximum atomic E-state index is 5.46. The topological polar surface area (TPSA) is 38.1 Å². The van der Waals surface area contributed by atoms with Gasteiger partial charge in [-0.25, -0.2) is 4.98 Å². The second-order valence-electron chi connectivity index (χ2n) is 3.90. The Labute approximate surface area is 95.5 Å². The van der Waals surface area contributed by atoms with Crippen molar-refractivity contribution in [2.45, 2.75) is 19.4 Å². The van der Waals surface area contributed by atoms with Crippen molar-refractivity contribution in [2.75, 3.05) is 7.05 Å². The van der Waals surface area contributed by atoms with Crippen LogP contribution in [0.1, 0.15) is 12.6 Å². The van der Waals surface area contributed by atoms with Crippen molar-refractivity contribution >= 4 is 0 Å². The summed E-state index contributed by atoms with van der Waals surface area (Å²) in [7, 11) is 1.95. The molecule has 1 heterocycles. The number of nitrogens with zero attached hydrogens (tertiary/aromatic N) is 1. The Hall–Kier alpha value is -1.61. The van der Waals surface area contributed by atoms with Gasteiger partial charge in [-0.2, -0.15) is 0 Å². The van der Waals surface area contributed by atoms with Gasteiger partial charge in [-0.05, 0) is 26.1 Å². The lowest BCUT2D eigenvalue weighted by Gasteiger charge is -2.05. The van der Waals surface area contributed by atoms with Crippen LogP contribution in [0.15, 0.2) is 41.0 Å². The molecule has 3 heteroatoms. The number of hydrogen-bond donors (Lipinski definition) is 1. The fraction of sp³-hybridized carbons (Fsp3) is 0.308. The molecule has 0 saturated heterocycles. The van der Waals surface area contributed by atoms with E-state index in [2.05, 4.69) is 17.2 Å². The average Bonchev–Trinajstić information content (AvgIpc) is 2.78. The molecular formula is C13H16N2O. The van der Waals surface area contributed by atoms with E-state index >= 15 is 0 Å². The van der Waals surface area contributed by atoms with Gasteiger partial charge in [-0.3, -0.25) is 0 Å². The van der Waals surface area contributed by atoms with Crippen LogP contribution in [-0.4, -0.2) is 18.1 Å². The second kappa shape index (κ2) is 4.94. The SMILES string of the molecule is CNC(C)Cc1coc(-c2ccccc2)n1. The van der Waals surface area contributed by atoms with Crippen molar-refractivity contribution in [3.05, 3.63) is 42.3 Å². The Balaban J connectivity index is 2.14. The first-order chi connectivity index (χ1) is 7.79. The number of hydrogen-bond acceptors (Lipinski definition) is 3. The summed E-state index contributed by atoms with van der Waals surface area (Å²) in [6.07, 6.45) is 2.61. The van der Waals surface area contributed by atoms with Gasteiger partial charge >= 0.3 is 0 Å². The first-order valence-corrected chi connectivity index (χ1v) is 5.46. The summed E-state index contributed by atoms with van der Waals surface area (Å²) >= 11 is 0. The van der Waals surface area contributed by atoms with E-state index in [1.807, 2.05) is 37.4 Å². The maximum absolute atomic E-state index is 5.46. The average molecular weight is 216 g/mol. The Morgan fingerprint density at radius 1 is 1.31 bits per heavy atom. The Morgan fingerprint density at radius 2 is 2.06 bits per heavy atom. The van der Waals surface area contributed by atoms with E-state index in [4.69, 9.17) is 4.42 Å². The van der Waals surface area contributed by atoms with Crippen LogP contribution in [0.5, 0.6) is 0 Å². The van der Waals surface area contributed by atoms with Crippen LogP contribution in [0, 0.1) is 0 Å². The molecule has 1 atom stereocenters. The lowest BCUT2D eigenvalue weighted by atomic mass is 10.2. The van der Waals surface area contributed by atoms with E-state index in [1.165, 1.54) is 0 Å². The van der Waals surface area contributed by atoms with Crippen LogP contribution in [0.25, 0.3) is 11.5 Å². The van der Waals surface area contributed by atoms with E-state index in [0.717, 1.165) is 17.7 Å². The van der Waals surface area contributed by atoms with E-state index in [1.54, 1.807) is 6.26 Å². The number of rotatable bonds is 4. The molecule has 2 aromatic rings. The van der Waals surface area contributed by atoms with Gasteiger partial charge in [0.1, 0.15) is 6.26 Å². The van der Waals surface area contributed by atoms with E-state index in [0.29, 0.717) is 11.9 Å². The minimum atomic E-state index is 0.411. The summed E-state index contributed by atoms with van der Waals surface area (Å²) in [5.74, 6) is 0.693. The largest absolute Gasteiger partial charge is 0.444 e. The molecule has 0 saturated carbocycles. The third-order valence-corrected chi connectivity index (χ3v) is 2.58. The molecule has 1 aromatic heterocycles. The first kappa shape index (κ1) is 10.9. The zero-order valence-corrected chi connectivity index (χ0v) is 9.60. The summed E-state index contributed by atoms with van der Waals surface area (Å²) < 4.78 is 5.46. The molecule has 1 N–H and O–H groups in total. The van der Waals surface area contributed by atoms with E-state index in [9.17, 15) is 0 Å². The normalized spacial score (nSPS) is 12.6. The summed E-state index contributed by atoms with van der Waals surface area (Å²) in [5.41, 5.74) is 2.01. The van der Waals surface area contributed by atoms with Gasteiger partial charge in [0.05, 0.1) is 5.69 Å². The number of aromatic nitrogens is 1. The van der Waals surface area contributed by atoms with Crippen molar-refractivity contribution in [3.63, 3.8) is 0 Å². The molecule has 16 heavy (non-hydrogen) atoms. The Morgan fingerprint density at radius 3 is 2.75 bits per heavy atom. The van der Waals surface area contributed by atoms with Crippen LogP contribution >= 0.6 is 0 Å². The van der Waals surface area contributed by atoms with Gasteiger partial charge in [-0.15, -0.1) is 0 Å². The van der Waals surface area contributed by atoms with Gasteiger partial charge in [0.15, 0.2) is 0 Å². The molecule has 0 radical (unpaired) electrons. The zero-order valence-electron chi connectivity index (χ0n) is 9.60. The van der Waals surface area contributed by atoms with E-state index < -0.39 is 0 Å². The first-order valence-electron chi connectivity index (χ1n) is 5.46. The van der Waals surface area contributed by atoms with Gasteiger partial charge in [0, 0.05) is 18.0 Å². The highest BCUT2D eigenvalue weighted by Gasteiger charge is 2.08. The highest BCUT2D eigenvalue weighted by atomic mass is 16.3. The molecule has 84 valence electrons. The van der Waals surface area contributed by atoms with Crippen LogP contribution in [0.3, 0.4) is 0 Å². The quantitative estimate of drug-likeness (QED) is 0.853. The molecule has 0 aliphatic carbocycles. The molecule has 2 rings (SSSR count). The number of likely N-dealkylation sites (N-methyl/N-ethyl adjacent to an activating group) is 1. The van der Waals surface area contributed by atoms with E-state index in [-0.39, 0.29) is 0 Å².